The lowest BCUT2D eigenvalue weighted by atomic mass is 10.2. The molecule has 0 atom stereocenters. The largest absolute Gasteiger partial charge is 0.378 e. The normalized spacial score (nSPS) is 13.6. The van der Waals surface area contributed by atoms with Gasteiger partial charge >= 0.3 is 0 Å². The third-order valence-corrected chi connectivity index (χ3v) is 5.50. The van der Waals surface area contributed by atoms with Gasteiger partial charge in [0.1, 0.15) is 5.69 Å². The highest BCUT2D eigenvalue weighted by Crippen LogP contribution is 2.21. The van der Waals surface area contributed by atoms with E-state index in [4.69, 9.17) is 4.74 Å². The Morgan fingerprint density at radius 2 is 1.83 bits per heavy atom. The number of hydrogen-bond acceptors (Lipinski definition) is 7. The second kappa shape index (κ2) is 10.3. The topological polar surface area (TPSA) is 113 Å². The van der Waals surface area contributed by atoms with Gasteiger partial charge in [0, 0.05) is 41.5 Å². The van der Waals surface area contributed by atoms with Crippen LogP contribution in [-0.4, -0.2) is 55.6 Å². The van der Waals surface area contributed by atoms with Gasteiger partial charge in [-0.15, -0.1) is 11.3 Å². The van der Waals surface area contributed by atoms with E-state index < -0.39 is 11.8 Å². The third-order valence-electron chi connectivity index (χ3n) is 4.07. The molecule has 3 rings (SSSR count). The molecular formula is C18H20BrN5O4S. The zero-order valence-corrected chi connectivity index (χ0v) is 17.8. The van der Waals surface area contributed by atoms with Crippen molar-refractivity contribution in [3.63, 3.8) is 0 Å². The minimum absolute atomic E-state index is 0.0264. The first-order chi connectivity index (χ1) is 14.0. The highest BCUT2D eigenvalue weighted by atomic mass is 79.9. The first kappa shape index (κ1) is 21.2. The van der Waals surface area contributed by atoms with Gasteiger partial charge < -0.3 is 15.0 Å². The number of hydrazine groups is 1. The van der Waals surface area contributed by atoms with Crippen LogP contribution in [0.2, 0.25) is 0 Å². The maximum atomic E-state index is 12.1. The van der Waals surface area contributed by atoms with Crippen molar-refractivity contribution >= 4 is 50.1 Å². The van der Waals surface area contributed by atoms with Gasteiger partial charge in [-0.25, -0.2) is 4.98 Å². The van der Waals surface area contributed by atoms with E-state index in [0.717, 1.165) is 22.7 Å². The van der Waals surface area contributed by atoms with Crippen LogP contribution in [0.25, 0.3) is 0 Å². The number of nitrogens with zero attached hydrogens (tertiary/aromatic N) is 2. The number of amides is 3. The summed E-state index contributed by atoms with van der Waals surface area (Å²) in [7, 11) is 0. The van der Waals surface area contributed by atoms with Crippen molar-refractivity contribution in [2.45, 2.75) is 6.42 Å². The molecule has 0 bridgehead atoms. The second-order valence-electron chi connectivity index (χ2n) is 6.13. The molecule has 0 unspecified atom stereocenters. The van der Waals surface area contributed by atoms with Gasteiger partial charge in [-0.05, 0) is 24.3 Å². The molecule has 1 aliphatic heterocycles. The van der Waals surface area contributed by atoms with E-state index in [9.17, 15) is 14.4 Å². The summed E-state index contributed by atoms with van der Waals surface area (Å²) in [4.78, 5) is 42.3. The lowest BCUT2D eigenvalue weighted by Crippen LogP contribution is -2.43. The van der Waals surface area contributed by atoms with Crippen LogP contribution < -0.4 is 21.1 Å². The van der Waals surface area contributed by atoms with E-state index in [1.165, 1.54) is 11.3 Å². The fraction of sp³-hybridized carbons (Fsp3) is 0.333. The standard InChI is InChI=1S/C18H20BrN5O4S/c19-13-3-1-12(2-4-13)16(26)20-6-5-15(25)22-23-17(27)14-11-29-18(21-14)24-7-9-28-10-8-24/h1-4,11H,5-10H2,(H,20,26)(H,22,25)(H,23,27). The molecule has 2 heterocycles. The summed E-state index contributed by atoms with van der Waals surface area (Å²) in [5.41, 5.74) is 5.40. The molecule has 0 spiro atoms. The van der Waals surface area contributed by atoms with Gasteiger partial charge in [-0.3, -0.25) is 25.2 Å². The number of aromatic nitrogens is 1. The molecule has 1 aromatic carbocycles. The van der Waals surface area contributed by atoms with Crippen molar-refractivity contribution in [3.8, 4) is 0 Å². The van der Waals surface area contributed by atoms with Crippen LogP contribution in [0, 0.1) is 0 Å². The maximum absolute atomic E-state index is 12.1. The van der Waals surface area contributed by atoms with Gasteiger partial charge in [0.05, 0.1) is 13.2 Å². The number of rotatable bonds is 6. The lowest BCUT2D eigenvalue weighted by Gasteiger charge is -2.25. The van der Waals surface area contributed by atoms with E-state index in [0.29, 0.717) is 18.8 Å². The third kappa shape index (κ3) is 6.24. The number of anilines is 1. The molecular weight excluding hydrogens is 462 g/mol. The fourth-order valence-corrected chi connectivity index (χ4v) is 3.64. The minimum Gasteiger partial charge on any atom is -0.378 e. The molecule has 1 aromatic heterocycles. The van der Waals surface area contributed by atoms with Crippen molar-refractivity contribution in [2.75, 3.05) is 37.7 Å². The van der Waals surface area contributed by atoms with Gasteiger partial charge in [-0.2, -0.15) is 0 Å². The maximum Gasteiger partial charge on any atom is 0.289 e. The Hall–Kier alpha value is -2.50. The Balaban J connectivity index is 1.37. The fourth-order valence-electron chi connectivity index (χ4n) is 2.51. The first-order valence-corrected chi connectivity index (χ1v) is 10.6. The van der Waals surface area contributed by atoms with E-state index in [1.54, 1.807) is 29.6 Å². The predicted molar refractivity (Wildman–Crippen MR) is 112 cm³/mol. The zero-order valence-electron chi connectivity index (χ0n) is 15.4. The molecule has 1 fully saturated rings. The molecule has 1 saturated heterocycles. The number of thiazole rings is 1. The number of carbonyl (C=O) groups is 3. The summed E-state index contributed by atoms with van der Waals surface area (Å²) >= 11 is 4.67. The minimum atomic E-state index is -0.493. The summed E-state index contributed by atoms with van der Waals surface area (Å²) in [6.07, 6.45) is 0.0264. The number of halogens is 1. The Bertz CT molecular complexity index is 867. The summed E-state index contributed by atoms with van der Waals surface area (Å²) in [6.45, 7) is 2.88. The van der Waals surface area contributed by atoms with Crippen LogP contribution in [0.15, 0.2) is 34.1 Å². The predicted octanol–water partition coefficient (Wildman–Crippen LogP) is 1.32. The van der Waals surface area contributed by atoms with Crippen molar-refractivity contribution in [1.82, 2.24) is 21.2 Å². The van der Waals surface area contributed by atoms with Crippen LogP contribution in [0.1, 0.15) is 27.3 Å². The molecule has 2 aromatic rings. The average molecular weight is 482 g/mol. The number of hydrogen-bond donors (Lipinski definition) is 3. The number of nitrogens with one attached hydrogen (secondary N) is 3. The van der Waals surface area contributed by atoms with Crippen LogP contribution in [-0.2, 0) is 9.53 Å². The van der Waals surface area contributed by atoms with Crippen LogP contribution in [0.4, 0.5) is 5.13 Å². The molecule has 154 valence electrons. The summed E-state index contributed by atoms with van der Waals surface area (Å²) in [5, 5.41) is 5.05. The van der Waals surface area contributed by atoms with Crippen molar-refractivity contribution in [1.29, 1.82) is 0 Å². The highest BCUT2D eigenvalue weighted by molar-refractivity contribution is 9.10. The number of benzene rings is 1. The average Bonchev–Trinajstić information content (AvgIpc) is 3.23. The smallest absolute Gasteiger partial charge is 0.289 e. The monoisotopic (exact) mass is 481 g/mol. The molecule has 1 aliphatic rings. The summed E-state index contributed by atoms with van der Waals surface area (Å²) in [6, 6.07) is 6.89. The Labute approximate surface area is 179 Å². The van der Waals surface area contributed by atoms with E-state index in [2.05, 4.69) is 42.0 Å². The number of ether oxygens (including phenoxy) is 1. The molecule has 29 heavy (non-hydrogen) atoms. The molecule has 0 radical (unpaired) electrons. The second-order valence-corrected chi connectivity index (χ2v) is 7.88. The molecule has 3 amide bonds. The Morgan fingerprint density at radius 3 is 2.55 bits per heavy atom. The molecule has 9 nitrogen and oxygen atoms in total. The molecule has 0 saturated carbocycles. The van der Waals surface area contributed by atoms with E-state index >= 15 is 0 Å². The molecule has 0 aliphatic carbocycles. The van der Waals surface area contributed by atoms with E-state index in [1.807, 2.05) is 0 Å². The Morgan fingerprint density at radius 1 is 1.10 bits per heavy atom. The summed E-state index contributed by atoms with van der Waals surface area (Å²) in [5.74, 6) is -1.18. The highest BCUT2D eigenvalue weighted by Gasteiger charge is 2.17. The van der Waals surface area contributed by atoms with Gasteiger partial charge in [0.15, 0.2) is 5.13 Å². The van der Waals surface area contributed by atoms with Crippen LogP contribution >= 0.6 is 27.3 Å². The number of morpholine rings is 1. The van der Waals surface area contributed by atoms with Crippen molar-refractivity contribution < 1.29 is 19.1 Å². The zero-order chi connectivity index (χ0) is 20.6. The lowest BCUT2D eigenvalue weighted by molar-refractivity contribution is -0.121. The quantitative estimate of drug-likeness (QED) is 0.536. The van der Waals surface area contributed by atoms with Gasteiger partial charge in [0.2, 0.25) is 5.91 Å². The SMILES string of the molecule is O=C(CCNC(=O)c1ccc(Br)cc1)NNC(=O)c1csc(N2CCOCC2)n1. The van der Waals surface area contributed by atoms with Gasteiger partial charge in [0.25, 0.3) is 11.8 Å². The number of carbonyl (C=O) groups excluding carboxylic acids is 3. The molecule has 3 N–H and O–H groups in total. The van der Waals surface area contributed by atoms with E-state index in [-0.39, 0.29) is 24.6 Å². The Kier molecular flexibility index (Phi) is 7.55. The first-order valence-electron chi connectivity index (χ1n) is 8.94. The van der Waals surface area contributed by atoms with Crippen LogP contribution in [0.3, 0.4) is 0 Å². The summed E-state index contributed by atoms with van der Waals surface area (Å²) < 4.78 is 6.17. The van der Waals surface area contributed by atoms with Crippen molar-refractivity contribution in [3.05, 3.63) is 45.4 Å². The van der Waals surface area contributed by atoms with Crippen molar-refractivity contribution in [2.24, 2.45) is 0 Å². The van der Waals surface area contributed by atoms with Gasteiger partial charge in [-0.1, -0.05) is 15.9 Å². The molecule has 11 heteroatoms. The van der Waals surface area contributed by atoms with Crippen LogP contribution in [0.5, 0.6) is 0 Å².